The molecule has 1 atom stereocenters. The number of amides is 2. The molecule has 1 heterocycles. The molecule has 7 heteroatoms. The molecule has 0 saturated carbocycles. The fraction of sp³-hybridized carbons (Fsp3) is 0.455. The molecule has 0 aliphatic carbocycles. The van der Waals surface area contributed by atoms with E-state index in [1.165, 1.54) is 18.0 Å². The Bertz CT molecular complexity index is 478. The van der Waals surface area contributed by atoms with Crippen LogP contribution in [0, 0.1) is 5.92 Å². The van der Waals surface area contributed by atoms with Crippen LogP contribution in [0.25, 0.3) is 0 Å². The summed E-state index contributed by atoms with van der Waals surface area (Å²) in [5, 5.41) is 3.89. The van der Waals surface area contributed by atoms with Gasteiger partial charge in [0, 0.05) is 26.7 Å². The number of rotatable bonds is 4. The molecule has 98 valence electrons. The standard InChI is InChI=1S/C11H16N4O3/c1-7(16)9(10(17)14(2)3)6-8-4-5-15(13-8)11(12)18/h4-5,9H,6H2,1-3H3,(H2,12,18). The summed E-state index contributed by atoms with van der Waals surface area (Å²) in [6.45, 7) is 1.36. The maximum atomic E-state index is 11.8. The van der Waals surface area contributed by atoms with E-state index in [4.69, 9.17) is 5.73 Å². The number of nitrogens with two attached hydrogens (primary N) is 1. The van der Waals surface area contributed by atoms with E-state index in [1.807, 2.05) is 0 Å². The second-order valence-corrected chi connectivity index (χ2v) is 4.19. The van der Waals surface area contributed by atoms with Crippen LogP contribution in [0.3, 0.4) is 0 Å². The number of Topliss-reactive ketones (excluding diaryl/α,β-unsaturated/α-hetero) is 1. The van der Waals surface area contributed by atoms with Crippen LogP contribution in [-0.4, -0.2) is 46.5 Å². The molecule has 0 radical (unpaired) electrons. The zero-order chi connectivity index (χ0) is 13.9. The van der Waals surface area contributed by atoms with Crippen LogP contribution in [0.15, 0.2) is 12.3 Å². The number of nitrogens with zero attached hydrogens (tertiary/aromatic N) is 3. The van der Waals surface area contributed by atoms with Crippen molar-refractivity contribution in [1.82, 2.24) is 14.7 Å². The molecular weight excluding hydrogens is 236 g/mol. The molecule has 0 aliphatic rings. The minimum Gasteiger partial charge on any atom is -0.350 e. The van der Waals surface area contributed by atoms with Gasteiger partial charge in [0.25, 0.3) is 0 Å². The first-order chi connectivity index (χ1) is 8.32. The lowest BCUT2D eigenvalue weighted by molar-refractivity contribution is -0.138. The third-order valence-electron chi connectivity index (χ3n) is 2.51. The number of primary amides is 1. The molecule has 2 N–H and O–H groups in total. The van der Waals surface area contributed by atoms with Gasteiger partial charge < -0.3 is 10.6 Å². The number of hydrogen-bond acceptors (Lipinski definition) is 4. The number of hydrogen-bond donors (Lipinski definition) is 1. The number of carbonyl (C=O) groups excluding carboxylic acids is 3. The lowest BCUT2D eigenvalue weighted by atomic mass is 9.98. The molecule has 0 fully saturated rings. The Morgan fingerprint density at radius 1 is 1.44 bits per heavy atom. The van der Waals surface area contributed by atoms with Gasteiger partial charge >= 0.3 is 6.03 Å². The summed E-state index contributed by atoms with van der Waals surface area (Å²) < 4.78 is 0.965. The summed E-state index contributed by atoms with van der Waals surface area (Å²) >= 11 is 0. The lowest BCUT2D eigenvalue weighted by Gasteiger charge is -2.17. The van der Waals surface area contributed by atoms with Crippen molar-refractivity contribution in [3.63, 3.8) is 0 Å². The fourth-order valence-electron chi connectivity index (χ4n) is 1.52. The van der Waals surface area contributed by atoms with Gasteiger partial charge in [0.15, 0.2) is 0 Å². The molecule has 1 rings (SSSR count). The highest BCUT2D eigenvalue weighted by molar-refractivity contribution is 6.00. The second-order valence-electron chi connectivity index (χ2n) is 4.19. The quantitative estimate of drug-likeness (QED) is 0.740. The van der Waals surface area contributed by atoms with Crippen molar-refractivity contribution in [1.29, 1.82) is 0 Å². The molecule has 0 bridgehead atoms. The molecular formula is C11H16N4O3. The first kappa shape index (κ1) is 13.9. The van der Waals surface area contributed by atoms with E-state index in [0.29, 0.717) is 5.69 Å². The van der Waals surface area contributed by atoms with Gasteiger partial charge in [-0.2, -0.15) is 9.78 Å². The van der Waals surface area contributed by atoms with E-state index in [0.717, 1.165) is 4.68 Å². The minimum absolute atomic E-state index is 0.159. The van der Waals surface area contributed by atoms with Crippen molar-refractivity contribution < 1.29 is 14.4 Å². The van der Waals surface area contributed by atoms with Gasteiger partial charge in [0.2, 0.25) is 5.91 Å². The van der Waals surface area contributed by atoms with Crippen LogP contribution >= 0.6 is 0 Å². The fourth-order valence-corrected chi connectivity index (χ4v) is 1.52. The van der Waals surface area contributed by atoms with Crippen LogP contribution in [0.1, 0.15) is 12.6 Å². The maximum absolute atomic E-state index is 11.8. The Kier molecular flexibility index (Phi) is 4.19. The smallest absolute Gasteiger partial charge is 0.339 e. The first-order valence-corrected chi connectivity index (χ1v) is 5.39. The number of aromatic nitrogens is 2. The third-order valence-corrected chi connectivity index (χ3v) is 2.51. The number of carbonyl (C=O) groups is 3. The Morgan fingerprint density at radius 2 is 2.06 bits per heavy atom. The van der Waals surface area contributed by atoms with Crippen molar-refractivity contribution >= 4 is 17.7 Å². The molecule has 0 aromatic carbocycles. The Balaban J connectivity index is 2.87. The van der Waals surface area contributed by atoms with Crippen LogP contribution in [0.2, 0.25) is 0 Å². The van der Waals surface area contributed by atoms with E-state index in [9.17, 15) is 14.4 Å². The predicted octanol–water partition coefficient (Wildman–Crippen LogP) is -0.354. The zero-order valence-corrected chi connectivity index (χ0v) is 10.6. The largest absolute Gasteiger partial charge is 0.350 e. The molecule has 18 heavy (non-hydrogen) atoms. The lowest BCUT2D eigenvalue weighted by Crippen LogP contribution is -2.35. The van der Waals surface area contributed by atoms with Crippen LogP contribution in [0.5, 0.6) is 0 Å². The van der Waals surface area contributed by atoms with Crippen molar-refractivity contribution in [2.24, 2.45) is 11.7 Å². The van der Waals surface area contributed by atoms with Gasteiger partial charge in [-0.15, -0.1) is 0 Å². The molecule has 0 aliphatic heterocycles. The van der Waals surface area contributed by atoms with Crippen molar-refractivity contribution in [2.75, 3.05) is 14.1 Å². The van der Waals surface area contributed by atoms with Gasteiger partial charge in [0.05, 0.1) is 5.69 Å². The Morgan fingerprint density at radius 3 is 2.44 bits per heavy atom. The van der Waals surface area contributed by atoms with Gasteiger partial charge in [-0.1, -0.05) is 0 Å². The maximum Gasteiger partial charge on any atom is 0.339 e. The van der Waals surface area contributed by atoms with Gasteiger partial charge in [-0.25, -0.2) is 4.79 Å². The Hall–Kier alpha value is -2.18. The summed E-state index contributed by atoms with van der Waals surface area (Å²) in [6.07, 6.45) is 1.56. The van der Waals surface area contributed by atoms with Crippen LogP contribution in [-0.2, 0) is 16.0 Å². The highest BCUT2D eigenvalue weighted by Gasteiger charge is 2.26. The molecule has 0 spiro atoms. The van der Waals surface area contributed by atoms with E-state index >= 15 is 0 Å². The summed E-state index contributed by atoms with van der Waals surface area (Å²) in [5.41, 5.74) is 5.52. The average molecular weight is 252 g/mol. The highest BCUT2D eigenvalue weighted by Crippen LogP contribution is 2.10. The van der Waals surface area contributed by atoms with E-state index in [-0.39, 0.29) is 18.1 Å². The molecule has 2 amide bonds. The molecule has 1 unspecified atom stereocenters. The van der Waals surface area contributed by atoms with Gasteiger partial charge in [-0.05, 0) is 13.0 Å². The summed E-state index contributed by atoms with van der Waals surface area (Å²) in [7, 11) is 3.17. The minimum atomic E-state index is -0.781. The summed E-state index contributed by atoms with van der Waals surface area (Å²) in [4.78, 5) is 35.5. The SMILES string of the molecule is CC(=O)C(Cc1ccn(C(N)=O)n1)C(=O)N(C)C. The molecule has 1 aromatic heterocycles. The summed E-state index contributed by atoms with van der Waals surface area (Å²) in [6, 6.07) is 0.850. The van der Waals surface area contributed by atoms with Crippen LogP contribution < -0.4 is 5.73 Å². The molecule has 7 nitrogen and oxygen atoms in total. The van der Waals surface area contributed by atoms with Crippen molar-refractivity contribution in [3.8, 4) is 0 Å². The average Bonchev–Trinajstić information content (AvgIpc) is 2.72. The van der Waals surface area contributed by atoms with E-state index < -0.39 is 11.9 Å². The Labute approximate surface area is 105 Å². The highest BCUT2D eigenvalue weighted by atomic mass is 16.2. The predicted molar refractivity (Wildman–Crippen MR) is 63.8 cm³/mol. The number of ketones is 1. The van der Waals surface area contributed by atoms with Crippen LogP contribution in [0.4, 0.5) is 4.79 Å². The van der Waals surface area contributed by atoms with Crippen molar-refractivity contribution in [2.45, 2.75) is 13.3 Å². The molecule has 1 aromatic rings. The van der Waals surface area contributed by atoms with Gasteiger partial charge in [0.1, 0.15) is 11.7 Å². The summed E-state index contributed by atoms with van der Waals surface area (Å²) in [5.74, 6) is -1.30. The van der Waals surface area contributed by atoms with E-state index in [2.05, 4.69) is 5.10 Å². The second kappa shape index (κ2) is 5.44. The third kappa shape index (κ3) is 3.16. The zero-order valence-electron chi connectivity index (χ0n) is 10.6. The molecule has 0 saturated heterocycles. The van der Waals surface area contributed by atoms with Crippen molar-refractivity contribution in [3.05, 3.63) is 18.0 Å². The van der Waals surface area contributed by atoms with Gasteiger partial charge in [-0.3, -0.25) is 9.59 Å². The first-order valence-electron chi connectivity index (χ1n) is 5.39. The monoisotopic (exact) mass is 252 g/mol. The normalized spacial score (nSPS) is 11.9. The topological polar surface area (TPSA) is 98.3 Å². The van der Waals surface area contributed by atoms with E-state index in [1.54, 1.807) is 20.2 Å².